The van der Waals surface area contributed by atoms with E-state index in [4.69, 9.17) is 4.98 Å². The molecule has 0 radical (unpaired) electrons. The molecule has 7 heteroatoms. The van der Waals surface area contributed by atoms with Crippen LogP contribution in [0.1, 0.15) is 79.0 Å². The Balaban J connectivity index is 1.29. The third kappa shape index (κ3) is 6.10. The van der Waals surface area contributed by atoms with E-state index in [1.165, 1.54) is 29.0 Å². The lowest BCUT2D eigenvalue weighted by atomic mass is 9.71. The van der Waals surface area contributed by atoms with E-state index in [0.717, 1.165) is 54.7 Å². The van der Waals surface area contributed by atoms with Crippen LogP contribution < -0.4 is 5.32 Å². The maximum absolute atomic E-state index is 13.5. The molecule has 38 heavy (non-hydrogen) atoms. The summed E-state index contributed by atoms with van der Waals surface area (Å²) in [6, 6.07) is 14.3. The van der Waals surface area contributed by atoms with Crippen molar-refractivity contribution in [2.45, 2.75) is 65.3 Å². The van der Waals surface area contributed by atoms with E-state index in [9.17, 15) is 14.7 Å². The molecule has 5 rings (SSSR count). The van der Waals surface area contributed by atoms with Gasteiger partial charge in [0.05, 0.1) is 16.8 Å². The van der Waals surface area contributed by atoms with Crippen molar-refractivity contribution in [3.05, 3.63) is 64.2 Å². The molecule has 2 atom stereocenters. The van der Waals surface area contributed by atoms with Crippen LogP contribution >= 0.6 is 11.3 Å². The van der Waals surface area contributed by atoms with Gasteiger partial charge < -0.3 is 15.3 Å². The number of nitrogens with one attached hydrogen (secondary N) is 1. The highest BCUT2D eigenvalue weighted by Gasteiger charge is 2.30. The predicted octanol–water partition coefficient (Wildman–Crippen LogP) is 6.11. The van der Waals surface area contributed by atoms with Crippen molar-refractivity contribution in [1.82, 2.24) is 15.2 Å². The number of carboxylic acids is 1. The summed E-state index contributed by atoms with van der Waals surface area (Å²) < 4.78 is 0. The number of benzene rings is 1. The number of aromatic nitrogens is 1. The van der Waals surface area contributed by atoms with Gasteiger partial charge in [-0.2, -0.15) is 0 Å². The van der Waals surface area contributed by atoms with Crippen molar-refractivity contribution in [3.63, 3.8) is 0 Å². The van der Waals surface area contributed by atoms with Crippen LogP contribution in [0.5, 0.6) is 0 Å². The fourth-order valence-electron chi connectivity index (χ4n) is 5.93. The molecule has 2 aliphatic rings. The molecule has 3 heterocycles. The summed E-state index contributed by atoms with van der Waals surface area (Å²) >= 11 is 1.48. The average Bonchev–Trinajstić information content (AvgIpc) is 3.32. The Morgan fingerprint density at radius 1 is 1.13 bits per heavy atom. The van der Waals surface area contributed by atoms with Crippen LogP contribution in [-0.2, 0) is 17.6 Å². The van der Waals surface area contributed by atoms with Crippen molar-refractivity contribution in [1.29, 1.82) is 0 Å². The van der Waals surface area contributed by atoms with E-state index >= 15 is 0 Å². The molecule has 2 N–H and O–H groups in total. The maximum atomic E-state index is 13.5. The van der Waals surface area contributed by atoms with Gasteiger partial charge in [-0.25, -0.2) is 4.98 Å². The number of piperidine rings is 1. The van der Waals surface area contributed by atoms with E-state index in [0.29, 0.717) is 23.6 Å². The second-order valence-corrected chi connectivity index (χ2v) is 13.1. The van der Waals surface area contributed by atoms with Gasteiger partial charge in [0.1, 0.15) is 4.83 Å². The minimum Gasteiger partial charge on any atom is -0.481 e. The lowest BCUT2D eigenvalue weighted by Crippen LogP contribution is -2.38. The van der Waals surface area contributed by atoms with Crippen LogP contribution in [0.25, 0.3) is 10.2 Å². The van der Waals surface area contributed by atoms with Gasteiger partial charge in [0.25, 0.3) is 5.91 Å². The predicted molar refractivity (Wildman–Crippen MR) is 153 cm³/mol. The zero-order valence-electron chi connectivity index (χ0n) is 22.7. The molecule has 3 aromatic rings. The molecule has 0 saturated carbocycles. The Bertz CT molecular complexity index is 1290. The first kappa shape index (κ1) is 26.8. The normalized spacial score (nSPS) is 19.7. The Hall–Kier alpha value is -2.77. The zero-order chi connectivity index (χ0) is 26.9. The Morgan fingerprint density at radius 2 is 1.87 bits per heavy atom. The van der Waals surface area contributed by atoms with Gasteiger partial charge in [-0.05, 0) is 86.2 Å². The largest absolute Gasteiger partial charge is 0.481 e. The Morgan fingerprint density at radius 3 is 2.55 bits per heavy atom. The van der Waals surface area contributed by atoms with E-state index in [-0.39, 0.29) is 23.3 Å². The van der Waals surface area contributed by atoms with Gasteiger partial charge in [-0.1, -0.05) is 51.1 Å². The highest BCUT2D eigenvalue weighted by Crippen LogP contribution is 2.38. The number of hydrogen-bond donors (Lipinski definition) is 2. The van der Waals surface area contributed by atoms with Gasteiger partial charge in [0, 0.05) is 17.6 Å². The Kier molecular flexibility index (Phi) is 7.87. The first-order valence-corrected chi connectivity index (χ1v) is 14.7. The van der Waals surface area contributed by atoms with Crippen LogP contribution in [0, 0.1) is 17.3 Å². The number of thiophene rings is 1. The fraction of sp³-hybridized carbons (Fsp3) is 0.516. The van der Waals surface area contributed by atoms with Crippen molar-refractivity contribution < 1.29 is 14.7 Å². The van der Waals surface area contributed by atoms with Gasteiger partial charge in [0.2, 0.25) is 0 Å². The van der Waals surface area contributed by atoms with E-state index in [1.54, 1.807) is 0 Å². The maximum Gasteiger partial charge on any atom is 0.306 e. The molecule has 1 aromatic carbocycles. The quantitative estimate of drug-likeness (QED) is 0.383. The SMILES string of the molecule is CC(C)(C)[C@H]1CCc2nc3sc(C(=O)N[C@H](CCN4CCC(C(=O)O)CC4)c4ccccc4)cc3cc2C1. The number of fused-ring (bicyclic) bond motifs is 2. The summed E-state index contributed by atoms with van der Waals surface area (Å²) in [5.74, 6) is -0.330. The lowest BCUT2D eigenvalue weighted by Gasteiger charge is -2.34. The molecule has 1 aliphatic carbocycles. The van der Waals surface area contributed by atoms with Crippen LogP contribution in [0.15, 0.2) is 42.5 Å². The van der Waals surface area contributed by atoms with Gasteiger partial charge >= 0.3 is 5.97 Å². The zero-order valence-corrected chi connectivity index (χ0v) is 23.5. The van der Waals surface area contributed by atoms with E-state index in [2.05, 4.69) is 49.2 Å². The highest BCUT2D eigenvalue weighted by atomic mass is 32.1. The van der Waals surface area contributed by atoms with Gasteiger partial charge in [-0.3, -0.25) is 9.59 Å². The average molecular weight is 534 g/mol. The molecule has 1 fully saturated rings. The number of likely N-dealkylation sites (tertiary alicyclic amines) is 1. The molecule has 1 amide bonds. The summed E-state index contributed by atoms with van der Waals surface area (Å²) in [6.07, 6.45) is 5.38. The molecule has 0 bridgehead atoms. The smallest absolute Gasteiger partial charge is 0.306 e. The summed E-state index contributed by atoms with van der Waals surface area (Å²) in [6.45, 7) is 9.36. The van der Waals surface area contributed by atoms with Crippen LogP contribution in [0.2, 0.25) is 0 Å². The van der Waals surface area contributed by atoms with Crippen molar-refractivity contribution >= 4 is 33.4 Å². The molecular weight excluding hydrogens is 494 g/mol. The number of amides is 1. The molecule has 0 spiro atoms. The minimum absolute atomic E-state index is 0.0584. The number of hydrogen-bond acceptors (Lipinski definition) is 5. The second kappa shape index (κ2) is 11.1. The number of pyridine rings is 1. The molecule has 0 unspecified atom stereocenters. The summed E-state index contributed by atoms with van der Waals surface area (Å²) in [5.41, 5.74) is 3.90. The number of nitrogens with zero attached hydrogens (tertiary/aromatic N) is 2. The van der Waals surface area contributed by atoms with Crippen LogP contribution in [-0.4, -0.2) is 46.5 Å². The van der Waals surface area contributed by atoms with Gasteiger partial charge in [-0.15, -0.1) is 11.3 Å². The fourth-order valence-corrected chi connectivity index (χ4v) is 6.86. The third-order valence-corrected chi connectivity index (χ3v) is 9.54. The first-order valence-electron chi connectivity index (χ1n) is 13.9. The van der Waals surface area contributed by atoms with E-state index < -0.39 is 5.97 Å². The minimum atomic E-state index is -0.688. The van der Waals surface area contributed by atoms with Gasteiger partial charge in [0.15, 0.2) is 0 Å². The number of carbonyl (C=O) groups excluding carboxylic acids is 1. The van der Waals surface area contributed by atoms with Crippen LogP contribution in [0.3, 0.4) is 0 Å². The molecule has 202 valence electrons. The lowest BCUT2D eigenvalue weighted by molar-refractivity contribution is -0.143. The molecule has 2 aromatic heterocycles. The van der Waals surface area contributed by atoms with E-state index in [1.807, 2.05) is 24.3 Å². The third-order valence-electron chi connectivity index (χ3n) is 8.50. The van der Waals surface area contributed by atoms with Crippen molar-refractivity contribution in [3.8, 4) is 0 Å². The molecular formula is C31H39N3O3S. The second-order valence-electron chi connectivity index (χ2n) is 12.1. The number of aryl methyl sites for hydroxylation is 1. The topological polar surface area (TPSA) is 82.5 Å². The molecule has 1 saturated heterocycles. The van der Waals surface area contributed by atoms with Crippen molar-refractivity contribution in [2.24, 2.45) is 17.3 Å². The number of carboxylic acid groups (broad SMARTS) is 1. The van der Waals surface area contributed by atoms with Crippen LogP contribution in [0.4, 0.5) is 0 Å². The Labute approximate surface area is 229 Å². The number of rotatable bonds is 7. The number of aliphatic carboxylic acids is 1. The summed E-state index contributed by atoms with van der Waals surface area (Å²) in [5, 5.41) is 13.6. The standard InChI is InChI=1S/C31H39N3O3S/c1-31(2,3)24-9-10-25-22(18-24)17-23-19-27(38-29(23)33-25)28(35)32-26(20-7-5-4-6-8-20)13-16-34-14-11-21(12-15-34)30(36)37/h4-8,17,19,21,24,26H,9-16,18H2,1-3H3,(H,32,35)(H,36,37)/t24-,26+/m0/s1. The monoisotopic (exact) mass is 533 g/mol. The van der Waals surface area contributed by atoms with Crippen molar-refractivity contribution in [2.75, 3.05) is 19.6 Å². The first-order chi connectivity index (χ1) is 18.2. The molecule has 6 nitrogen and oxygen atoms in total. The molecule has 1 aliphatic heterocycles. The summed E-state index contributed by atoms with van der Waals surface area (Å²) in [7, 11) is 0. The number of carbonyl (C=O) groups is 2. The highest BCUT2D eigenvalue weighted by molar-refractivity contribution is 7.20. The summed E-state index contributed by atoms with van der Waals surface area (Å²) in [4.78, 5) is 33.7.